The van der Waals surface area contributed by atoms with Crippen molar-refractivity contribution in [3.8, 4) is 0 Å². The van der Waals surface area contributed by atoms with Crippen LogP contribution in [0.2, 0.25) is 18.1 Å². The van der Waals surface area contributed by atoms with E-state index in [0.29, 0.717) is 12.2 Å². The first-order valence-electron chi connectivity index (χ1n) is 12.2. The predicted octanol–water partition coefficient (Wildman–Crippen LogP) is 3.25. The average molecular weight is 508 g/mol. The fourth-order valence-corrected chi connectivity index (χ4v) is 5.17. The van der Waals surface area contributed by atoms with Crippen LogP contribution < -0.4 is 10.6 Å². The Kier molecular flexibility index (Phi) is 6.93. The van der Waals surface area contributed by atoms with Gasteiger partial charge in [0.15, 0.2) is 8.32 Å². The van der Waals surface area contributed by atoms with Gasteiger partial charge in [-0.2, -0.15) is 5.10 Å². The number of amides is 3. The highest BCUT2D eigenvalue weighted by molar-refractivity contribution is 6.74. The molecule has 3 amide bonds. The summed E-state index contributed by atoms with van der Waals surface area (Å²) >= 11 is 0. The Bertz CT molecular complexity index is 1010. The zero-order valence-electron chi connectivity index (χ0n) is 22.6. The molecule has 3 heterocycles. The van der Waals surface area contributed by atoms with Crippen molar-refractivity contribution in [2.45, 2.75) is 97.8 Å². The van der Waals surface area contributed by atoms with Gasteiger partial charge in [-0.3, -0.25) is 19.2 Å². The van der Waals surface area contributed by atoms with Crippen molar-refractivity contribution in [3.05, 3.63) is 11.9 Å². The first-order chi connectivity index (χ1) is 15.9. The number of fused-ring (bicyclic) bond motifs is 1. The third-order valence-electron chi connectivity index (χ3n) is 7.42. The summed E-state index contributed by atoms with van der Waals surface area (Å²) in [5.41, 5.74) is 5.44. The molecule has 0 spiro atoms. The highest BCUT2D eigenvalue weighted by atomic mass is 28.4. The summed E-state index contributed by atoms with van der Waals surface area (Å²) in [6.45, 7) is 19.0. The molecule has 2 aliphatic rings. The van der Waals surface area contributed by atoms with Gasteiger partial charge in [0.2, 0.25) is 11.8 Å². The number of carbonyl (C=O) groups excluding carboxylic acids is 3. The van der Waals surface area contributed by atoms with E-state index >= 15 is 0 Å². The number of rotatable bonds is 5. The lowest BCUT2D eigenvalue weighted by Gasteiger charge is -2.39. The third kappa shape index (κ3) is 5.40. The molecule has 1 fully saturated rings. The zero-order valence-corrected chi connectivity index (χ0v) is 23.6. The van der Waals surface area contributed by atoms with Crippen molar-refractivity contribution in [2.75, 3.05) is 18.1 Å². The molecule has 11 heteroatoms. The topological polar surface area (TPSA) is 120 Å². The molecule has 1 saturated heterocycles. The Labute approximate surface area is 209 Å². The van der Waals surface area contributed by atoms with E-state index in [1.165, 1.54) is 0 Å². The second-order valence-corrected chi connectivity index (χ2v) is 17.3. The maximum absolute atomic E-state index is 13.2. The number of hydrogen-bond acceptors (Lipinski definition) is 6. The minimum absolute atomic E-state index is 0.0201. The molecular formula is C24H41N5O5Si. The molecule has 0 aromatic carbocycles. The van der Waals surface area contributed by atoms with E-state index in [-0.39, 0.29) is 43.1 Å². The Morgan fingerprint density at radius 3 is 2.40 bits per heavy atom. The van der Waals surface area contributed by atoms with Gasteiger partial charge in [-0.15, -0.1) is 0 Å². The summed E-state index contributed by atoms with van der Waals surface area (Å²) in [7, 11) is -2.16. The number of primary amides is 1. The maximum atomic E-state index is 13.2. The molecule has 0 aliphatic carbocycles. The first kappa shape index (κ1) is 27.2. The van der Waals surface area contributed by atoms with Crippen LogP contribution >= 0.6 is 0 Å². The minimum atomic E-state index is -2.16. The summed E-state index contributed by atoms with van der Waals surface area (Å²) in [4.78, 5) is 41.9. The largest absolute Gasteiger partial charge is 0.444 e. The Morgan fingerprint density at radius 2 is 1.86 bits per heavy atom. The predicted molar refractivity (Wildman–Crippen MR) is 135 cm³/mol. The Hall–Kier alpha value is -2.40. The van der Waals surface area contributed by atoms with Gasteiger partial charge >= 0.3 is 6.09 Å². The van der Waals surface area contributed by atoms with Crippen LogP contribution in [0.3, 0.4) is 0 Å². The van der Waals surface area contributed by atoms with Crippen LogP contribution in [0.15, 0.2) is 6.20 Å². The molecule has 0 bridgehead atoms. The molecule has 2 atom stereocenters. The van der Waals surface area contributed by atoms with Gasteiger partial charge in [0.05, 0.1) is 48.7 Å². The van der Waals surface area contributed by atoms with Crippen molar-refractivity contribution in [1.82, 2.24) is 14.7 Å². The molecule has 0 saturated carbocycles. The van der Waals surface area contributed by atoms with Gasteiger partial charge in [-0.25, -0.2) is 4.79 Å². The fourth-order valence-electron chi connectivity index (χ4n) is 4.10. The van der Waals surface area contributed by atoms with Crippen LogP contribution in [0.5, 0.6) is 0 Å². The highest BCUT2D eigenvalue weighted by Crippen LogP contribution is 2.41. The molecule has 0 radical (unpaired) electrons. The lowest BCUT2D eigenvalue weighted by atomic mass is 9.87. The average Bonchev–Trinajstić information content (AvgIpc) is 3.24. The summed E-state index contributed by atoms with van der Waals surface area (Å²) < 4.78 is 13.7. The van der Waals surface area contributed by atoms with Crippen molar-refractivity contribution in [3.63, 3.8) is 0 Å². The number of nitrogens with two attached hydrogens (primary N) is 1. The van der Waals surface area contributed by atoms with E-state index in [4.69, 9.17) is 14.9 Å². The van der Waals surface area contributed by atoms with Gasteiger partial charge in [0.25, 0.3) is 0 Å². The van der Waals surface area contributed by atoms with Gasteiger partial charge in [-0.05, 0) is 45.8 Å². The SMILES string of the molecule is C[C@H]1Cn2ncc(N3CC(CO[Si](C)(C)C(C)(C)C)(C(N)=O)CC3=O)c2CN1C(=O)OC(C)(C)C. The lowest BCUT2D eigenvalue weighted by molar-refractivity contribution is -0.130. The number of carbonyl (C=O) groups is 3. The smallest absolute Gasteiger partial charge is 0.410 e. The molecule has 196 valence electrons. The highest BCUT2D eigenvalue weighted by Gasteiger charge is 2.51. The van der Waals surface area contributed by atoms with E-state index in [1.807, 2.05) is 32.4 Å². The standard InChI is InChI=1S/C24H41N5O5Si/c1-16-12-29-18(13-27(16)21(32)34-22(2,3)4)17(11-26-29)28-14-24(20(25)31,10-19(28)30)15-33-35(8,9)23(5,6)7/h11,16H,10,12-15H2,1-9H3,(H2,25,31)/t16-,24?/m0/s1. The quantitative estimate of drug-likeness (QED) is 0.611. The monoisotopic (exact) mass is 507 g/mol. The summed E-state index contributed by atoms with van der Waals surface area (Å²) in [5.74, 6) is -0.752. The second kappa shape index (κ2) is 8.92. The van der Waals surface area contributed by atoms with E-state index in [9.17, 15) is 14.4 Å². The van der Waals surface area contributed by atoms with Crippen LogP contribution in [0, 0.1) is 5.41 Å². The number of anilines is 1. The van der Waals surface area contributed by atoms with Gasteiger partial charge in [-0.1, -0.05) is 20.8 Å². The first-order valence-corrected chi connectivity index (χ1v) is 15.1. The maximum Gasteiger partial charge on any atom is 0.410 e. The summed E-state index contributed by atoms with van der Waals surface area (Å²) in [6.07, 6.45) is 1.20. The lowest BCUT2D eigenvalue weighted by Crippen LogP contribution is -2.49. The van der Waals surface area contributed by atoms with Crippen LogP contribution in [0.4, 0.5) is 10.5 Å². The molecule has 3 rings (SSSR count). The molecular weight excluding hydrogens is 466 g/mol. The Morgan fingerprint density at radius 1 is 1.23 bits per heavy atom. The Balaban J connectivity index is 1.85. The van der Waals surface area contributed by atoms with E-state index in [2.05, 4.69) is 39.0 Å². The number of nitrogens with zero attached hydrogens (tertiary/aromatic N) is 4. The van der Waals surface area contributed by atoms with Crippen LogP contribution in [0.1, 0.15) is 60.6 Å². The molecule has 2 aliphatic heterocycles. The van der Waals surface area contributed by atoms with Crippen molar-refractivity contribution in [1.29, 1.82) is 0 Å². The molecule has 10 nitrogen and oxygen atoms in total. The summed E-state index contributed by atoms with van der Waals surface area (Å²) in [5, 5.41) is 4.43. The summed E-state index contributed by atoms with van der Waals surface area (Å²) in [6, 6.07) is -0.123. The molecule has 1 unspecified atom stereocenters. The normalized spacial score (nSPS) is 23.5. The molecule has 2 N–H and O–H groups in total. The molecule has 1 aromatic heterocycles. The minimum Gasteiger partial charge on any atom is -0.444 e. The number of aromatic nitrogens is 2. The number of hydrogen-bond donors (Lipinski definition) is 1. The zero-order chi connectivity index (χ0) is 26.6. The molecule has 35 heavy (non-hydrogen) atoms. The fraction of sp³-hybridized carbons (Fsp3) is 0.750. The van der Waals surface area contributed by atoms with E-state index < -0.39 is 31.3 Å². The van der Waals surface area contributed by atoms with E-state index in [0.717, 1.165) is 5.69 Å². The van der Waals surface area contributed by atoms with Crippen LogP contribution in [-0.2, 0) is 31.8 Å². The second-order valence-electron chi connectivity index (χ2n) is 12.5. The van der Waals surface area contributed by atoms with Crippen molar-refractivity contribution < 1.29 is 23.5 Å². The van der Waals surface area contributed by atoms with Gasteiger partial charge in [0, 0.05) is 13.0 Å². The van der Waals surface area contributed by atoms with Crippen molar-refractivity contribution >= 4 is 31.9 Å². The third-order valence-corrected chi connectivity index (χ3v) is 11.9. The molecule has 1 aromatic rings. The number of ether oxygens (including phenoxy) is 1. The van der Waals surface area contributed by atoms with Gasteiger partial charge < -0.3 is 19.8 Å². The van der Waals surface area contributed by atoms with Crippen LogP contribution in [0.25, 0.3) is 0 Å². The van der Waals surface area contributed by atoms with Gasteiger partial charge in [0.1, 0.15) is 5.60 Å². The van der Waals surface area contributed by atoms with Crippen LogP contribution in [-0.4, -0.2) is 65.7 Å². The van der Waals surface area contributed by atoms with Crippen molar-refractivity contribution in [2.24, 2.45) is 11.1 Å². The van der Waals surface area contributed by atoms with E-state index in [1.54, 1.807) is 16.0 Å².